The second-order valence-corrected chi connectivity index (χ2v) is 7.12. The quantitative estimate of drug-likeness (QED) is 0.293. The largest absolute Gasteiger partial charge is 0.504 e. The number of amides is 1. The van der Waals surface area contributed by atoms with E-state index in [1.165, 1.54) is 19.2 Å². The van der Waals surface area contributed by atoms with Gasteiger partial charge in [0.25, 0.3) is 5.56 Å². The van der Waals surface area contributed by atoms with E-state index in [0.717, 1.165) is 0 Å². The number of halogens is 3. The van der Waals surface area contributed by atoms with E-state index in [1.54, 1.807) is 6.92 Å². The maximum absolute atomic E-state index is 12.5. The van der Waals surface area contributed by atoms with Gasteiger partial charge in [-0.05, 0) is 19.4 Å². The number of aromatic hydroxyl groups is 3. The van der Waals surface area contributed by atoms with Crippen molar-refractivity contribution >= 4 is 22.8 Å². The van der Waals surface area contributed by atoms with E-state index in [2.05, 4.69) is 25.3 Å². The number of hydrogen-bond donors (Lipinski definition) is 7. The Balaban J connectivity index is 1.99. The van der Waals surface area contributed by atoms with Gasteiger partial charge in [0.1, 0.15) is 23.5 Å². The number of nitrogens with one attached hydrogen (secondary N) is 4. The van der Waals surface area contributed by atoms with Crippen molar-refractivity contribution in [3.8, 4) is 28.8 Å². The lowest BCUT2D eigenvalue weighted by Crippen LogP contribution is -2.52. The van der Waals surface area contributed by atoms with Crippen molar-refractivity contribution in [2.24, 2.45) is 0 Å². The molecule has 0 aromatic carbocycles. The van der Waals surface area contributed by atoms with Crippen LogP contribution in [0.2, 0.25) is 0 Å². The fourth-order valence-electron chi connectivity index (χ4n) is 2.95. The number of aromatic amines is 2. The summed E-state index contributed by atoms with van der Waals surface area (Å²) in [4.78, 5) is 36.8. The van der Waals surface area contributed by atoms with Crippen LogP contribution in [0.5, 0.6) is 17.4 Å². The lowest BCUT2D eigenvalue weighted by atomic mass is 9.97. The average molecular weight is 456 g/mol. The summed E-state index contributed by atoms with van der Waals surface area (Å²) in [5.41, 5.74) is -2.73. The van der Waals surface area contributed by atoms with E-state index in [4.69, 9.17) is 0 Å². The summed E-state index contributed by atoms with van der Waals surface area (Å²) in [6.45, 7) is 1.48. The maximum Gasteiger partial charge on any atom is 0.405 e. The summed E-state index contributed by atoms with van der Waals surface area (Å²) >= 11 is 0. The Labute approximate surface area is 177 Å². The van der Waals surface area contributed by atoms with Crippen molar-refractivity contribution < 1.29 is 33.3 Å². The van der Waals surface area contributed by atoms with Crippen LogP contribution < -0.4 is 16.2 Å². The molecule has 1 atom stereocenters. The lowest BCUT2D eigenvalue weighted by molar-refractivity contribution is -0.140. The van der Waals surface area contributed by atoms with Crippen molar-refractivity contribution in [2.45, 2.75) is 32.0 Å². The smallest absolute Gasteiger partial charge is 0.405 e. The van der Waals surface area contributed by atoms with Crippen molar-refractivity contribution in [1.82, 2.24) is 25.3 Å². The van der Waals surface area contributed by atoms with Gasteiger partial charge in [0.05, 0.1) is 10.9 Å². The molecule has 3 aromatic heterocycles. The molecule has 0 fully saturated rings. The third kappa shape index (κ3) is 4.24. The van der Waals surface area contributed by atoms with Crippen LogP contribution in [0.3, 0.4) is 0 Å². The van der Waals surface area contributed by atoms with Crippen LogP contribution in [0.15, 0.2) is 17.1 Å². The van der Waals surface area contributed by atoms with Crippen molar-refractivity contribution in [3.63, 3.8) is 0 Å². The van der Waals surface area contributed by atoms with Gasteiger partial charge < -0.3 is 35.9 Å². The zero-order valence-corrected chi connectivity index (χ0v) is 16.8. The van der Waals surface area contributed by atoms with Crippen LogP contribution in [0.1, 0.15) is 20.3 Å². The van der Waals surface area contributed by atoms with Crippen LogP contribution in [-0.4, -0.2) is 59.4 Å². The van der Waals surface area contributed by atoms with E-state index < -0.39 is 47.1 Å². The van der Waals surface area contributed by atoms with E-state index >= 15 is 0 Å². The lowest BCUT2D eigenvalue weighted by Gasteiger charge is -2.29. The van der Waals surface area contributed by atoms with Crippen LogP contribution in [0, 0.1) is 0 Å². The minimum Gasteiger partial charge on any atom is -0.504 e. The van der Waals surface area contributed by atoms with Gasteiger partial charge in [0, 0.05) is 6.20 Å². The molecule has 3 aromatic rings. The fraction of sp³-hybridized carbons (Fsp3) is 0.333. The van der Waals surface area contributed by atoms with Gasteiger partial charge in [0.2, 0.25) is 17.5 Å². The summed E-state index contributed by atoms with van der Waals surface area (Å²) in [5, 5.41) is 34.6. The average Bonchev–Trinajstić information content (AvgIpc) is 3.05. The van der Waals surface area contributed by atoms with Crippen molar-refractivity contribution in [2.75, 3.05) is 11.9 Å². The van der Waals surface area contributed by atoms with Crippen molar-refractivity contribution in [1.29, 1.82) is 0 Å². The second-order valence-electron chi connectivity index (χ2n) is 7.12. The Morgan fingerprint density at radius 2 is 1.88 bits per heavy atom. The van der Waals surface area contributed by atoms with Gasteiger partial charge >= 0.3 is 6.18 Å². The highest BCUT2D eigenvalue weighted by Crippen LogP contribution is 2.41. The molecule has 0 radical (unpaired) electrons. The Kier molecular flexibility index (Phi) is 5.63. The van der Waals surface area contributed by atoms with Crippen LogP contribution in [0.4, 0.5) is 19.0 Å². The Morgan fingerprint density at radius 1 is 1.19 bits per heavy atom. The molecule has 3 heterocycles. The number of anilines is 1. The molecule has 0 saturated heterocycles. The first-order valence-corrected chi connectivity index (χ1v) is 9.21. The Morgan fingerprint density at radius 3 is 2.50 bits per heavy atom. The number of rotatable bonds is 6. The second kappa shape index (κ2) is 7.94. The molecule has 11 nitrogen and oxygen atoms in total. The molecule has 0 aliphatic heterocycles. The summed E-state index contributed by atoms with van der Waals surface area (Å²) in [6.07, 6.45) is -3.23. The predicted octanol–water partition coefficient (Wildman–Crippen LogP) is 1.69. The molecule has 32 heavy (non-hydrogen) atoms. The molecule has 0 saturated carbocycles. The summed E-state index contributed by atoms with van der Waals surface area (Å²) in [5.74, 6) is -3.38. The highest BCUT2D eigenvalue weighted by molar-refractivity contribution is 6.00. The van der Waals surface area contributed by atoms with E-state index in [1.807, 2.05) is 5.32 Å². The van der Waals surface area contributed by atoms with Crippen LogP contribution in [-0.2, 0) is 4.79 Å². The monoisotopic (exact) mass is 456 g/mol. The number of carbonyl (C=O) groups excluding carboxylic acids is 1. The number of fused-ring (bicyclic) bond motifs is 1. The number of nitrogens with zero attached hydrogens (tertiary/aromatic N) is 2. The van der Waals surface area contributed by atoms with Gasteiger partial charge in [-0.25, -0.2) is 9.97 Å². The first-order valence-electron chi connectivity index (χ1n) is 9.21. The molecule has 14 heteroatoms. The predicted molar refractivity (Wildman–Crippen MR) is 106 cm³/mol. The molecule has 3 rings (SSSR count). The van der Waals surface area contributed by atoms with Gasteiger partial charge in [-0.2, -0.15) is 13.2 Å². The Bertz CT molecular complexity index is 1240. The molecular weight excluding hydrogens is 437 g/mol. The van der Waals surface area contributed by atoms with Gasteiger partial charge in [-0.1, -0.05) is 6.92 Å². The number of pyridine rings is 1. The fourth-order valence-corrected chi connectivity index (χ4v) is 2.95. The summed E-state index contributed by atoms with van der Waals surface area (Å²) in [7, 11) is 0. The highest BCUT2D eigenvalue weighted by Gasteiger charge is 2.35. The standard InChI is InChI=1S/C18H19F3N6O5/c1-3-17(2,16(32)23-6-18(19,20)21)27-7-4-5-22-12(24-7)9-8-10(28)11(29)15(31)26-13(8)25-14(9)30/h4-5,29-30H,3,6H2,1-2H3,(H,23,32)(H,22,24,27)(H3,25,26,28,31)/t17-/m1/s1. The molecule has 1 amide bonds. The first-order chi connectivity index (χ1) is 14.9. The first kappa shape index (κ1) is 22.7. The Hall–Kier alpha value is -3.97. The number of carbonyl (C=O) groups is 1. The molecule has 172 valence electrons. The molecule has 0 bridgehead atoms. The minimum atomic E-state index is -4.58. The molecule has 0 spiro atoms. The van der Waals surface area contributed by atoms with Crippen LogP contribution in [0.25, 0.3) is 22.4 Å². The summed E-state index contributed by atoms with van der Waals surface area (Å²) < 4.78 is 37.4. The molecular formula is C18H19F3N6O5. The molecule has 0 aliphatic rings. The van der Waals surface area contributed by atoms with E-state index in [0.29, 0.717) is 0 Å². The van der Waals surface area contributed by atoms with Gasteiger partial charge in [0.15, 0.2) is 11.6 Å². The number of aromatic nitrogens is 4. The summed E-state index contributed by atoms with van der Waals surface area (Å²) in [6, 6.07) is 1.35. The molecule has 0 unspecified atom stereocenters. The SMILES string of the molecule is CC[C@@](C)(Nc1ccnc(-c2c(O)[nH]c3[nH]c(=O)c(O)c(O)c23)n1)C(=O)NCC(F)(F)F. The number of hydrogen-bond acceptors (Lipinski definition) is 8. The van der Waals surface area contributed by atoms with Crippen LogP contribution >= 0.6 is 0 Å². The zero-order chi connectivity index (χ0) is 23.8. The van der Waals surface area contributed by atoms with Gasteiger partial charge in [-0.15, -0.1) is 0 Å². The van der Waals surface area contributed by atoms with E-state index in [-0.39, 0.29) is 34.7 Å². The van der Waals surface area contributed by atoms with E-state index in [9.17, 15) is 38.1 Å². The maximum atomic E-state index is 12.5. The van der Waals surface area contributed by atoms with Crippen molar-refractivity contribution in [3.05, 3.63) is 22.6 Å². The zero-order valence-electron chi connectivity index (χ0n) is 16.8. The minimum absolute atomic E-state index is 0.0309. The third-order valence-electron chi connectivity index (χ3n) is 4.84. The molecule has 7 N–H and O–H groups in total. The highest BCUT2D eigenvalue weighted by atomic mass is 19.4. The topological polar surface area (TPSA) is 176 Å². The normalized spacial score (nSPS) is 13.7. The third-order valence-corrected chi connectivity index (χ3v) is 4.84. The number of alkyl halides is 3. The molecule has 0 aliphatic carbocycles. The number of H-pyrrole nitrogens is 2. The van der Waals surface area contributed by atoms with Gasteiger partial charge in [-0.3, -0.25) is 9.59 Å².